The van der Waals surface area contributed by atoms with Gasteiger partial charge in [0.05, 0.1) is 19.8 Å². The molecule has 0 bridgehead atoms. The number of aliphatic carboxylic acids is 1. The molecule has 1 rings (SSSR count). The molecule has 2 N–H and O–H groups in total. The van der Waals surface area contributed by atoms with Gasteiger partial charge < -0.3 is 10.4 Å². The van der Waals surface area contributed by atoms with Crippen molar-refractivity contribution in [3.05, 3.63) is 0 Å². The molecule has 0 unspecified atom stereocenters. The minimum atomic E-state index is -0.764. The highest BCUT2D eigenvalue weighted by atomic mass is 32.2. The number of nitrogens with zero attached hydrogens (tertiary/aromatic N) is 2. The lowest BCUT2D eigenvalue weighted by molar-refractivity contribution is -0.137. The van der Waals surface area contributed by atoms with Crippen LogP contribution in [0.5, 0.6) is 0 Å². The van der Waals surface area contributed by atoms with Crippen LogP contribution >= 0.6 is 11.8 Å². The number of carboxylic acid groups (broad SMARTS) is 1. The third-order valence-corrected chi connectivity index (χ3v) is 2.36. The second kappa shape index (κ2) is 5.08. The first kappa shape index (κ1) is 10.3. The molecule has 0 atom stereocenters. The van der Waals surface area contributed by atoms with Gasteiger partial charge in [-0.05, 0) is 6.26 Å². The maximum Gasteiger partial charge on any atom is 0.304 e. The molecule has 0 saturated heterocycles. The lowest BCUT2D eigenvalue weighted by atomic mass is 10.4. The fourth-order valence-electron chi connectivity index (χ4n) is 0.990. The van der Waals surface area contributed by atoms with Gasteiger partial charge in [-0.2, -0.15) is 0 Å². The molecule has 0 aliphatic carbocycles. The van der Waals surface area contributed by atoms with Crippen LogP contribution in [0.2, 0.25) is 0 Å². The van der Waals surface area contributed by atoms with Crippen LogP contribution in [0.15, 0.2) is 4.99 Å². The molecule has 13 heavy (non-hydrogen) atoms. The number of amidine groups is 1. The van der Waals surface area contributed by atoms with Gasteiger partial charge in [-0.1, -0.05) is 11.8 Å². The highest BCUT2D eigenvalue weighted by molar-refractivity contribution is 8.13. The van der Waals surface area contributed by atoms with Crippen molar-refractivity contribution in [2.24, 2.45) is 4.99 Å². The van der Waals surface area contributed by atoms with E-state index < -0.39 is 5.97 Å². The van der Waals surface area contributed by atoms with Crippen molar-refractivity contribution in [1.82, 2.24) is 10.2 Å². The summed E-state index contributed by atoms with van der Waals surface area (Å²) < 4.78 is 0. The van der Waals surface area contributed by atoms with E-state index in [4.69, 9.17) is 5.11 Å². The Hall–Kier alpha value is -0.750. The minimum absolute atomic E-state index is 0.172. The molecule has 0 fully saturated rings. The van der Waals surface area contributed by atoms with Gasteiger partial charge in [0.2, 0.25) is 0 Å². The molecule has 0 aromatic heterocycles. The molecule has 0 amide bonds. The van der Waals surface area contributed by atoms with Crippen molar-refractivity contribution >= 4 is 22.9 Å². The summed E-state index contributed by atoms with van der Waals surface area (Å²) in [6, 6.07) is 0. The number of rotatable bonds is 3. The monoisotopic (exact) mass is 203 g/mol. The number of hydrogen-bond acceptors (Lipinski definition) is 5. The topological polar surface area (TPSA) is 64.9 Å². The summed E-state index contributed by atoms with van der Waals surface area (Å²) in [6.45, 7) is 1.83. The smallest absolute Gasteiger partial charge is 0.304 e. The third kappa shape index (κ3) is 3.65. The van der Waals surface area contributed by atoms with Gasteiger partial charge >= 0.3 is 5.97 Å². The van der Waals surface area contributed by atoms with E-state index in [0.717, 1.165) is 5.17 Å². The van der Waals surface area contributed by atoms with Gasteiger partial charge in [0.1, 0.15) is 0 Å². The summed E-state index contributed by atoms with van der Waals surface area (Å²) in [5.74, 6) is -0.764. The molecule has 1 heterocycles. The molecule has 5 nitrogen and oxygen atoms in total. The first-order valence-electron chi connectivity index (χ1n) is 3.99. The summed E-state index contributed by atoms with van der Waals surface area (Å²) in [7, 11) is 0. The Morgan fingerprint density at radius 3 is 3.08 bits per heavy atom. The van der Waals surface area contributed by atoms with Crippen molar-refractivity contribution in [3.8, 4) is 0 Å². The highest BCUT2D eigenvalue weighted by Crippen LogP contribution is 2.02. The number of carboxylic acids is 1. The molecule has 6 heteroatoms. The second-order valence-electron chi connectivity index (χ2n) is 2.68. The number of thioether (sulfide) groups is 1. The molecule has 0 aromatic carbocycles. The predicted molar refractivity (Wildman–Crippen MR) is 52.8 cm³/mol. The van der Waals surface area contributed by atoms with E-state index in [2.05, 4.69) is 10.3 Å². The highest BCUT2D eigenvalue weighted by Gasteiger charge is 2.11. The van der Waals surface area contributed by atoms with E-state index in [9.17, 15) is 4.79 Å². The summed E-state index contributed by atoms with van der Waals surface area (Å²) in [5, 5.41) is 12.5. The largest absolute Gasteiger partial charge is 0.481 e. The Kier molecular flexibility index (Phi) is 4.04. The second-order valence-corrected chi connectivity index (χ2v) is 3.48. The van der Waals surface area contributed by atoms with Crippen molar-refractivity contribution in [1.29, 1.82) is 0 Å². The molecule has 0 saturated carbocycles. The SMILES string of the molecule is CSC1=NCN(CCC(=O)O)CN1. The molecule has 0 aromatic rings. The normalized spacial score (nSPS) is 17.8. The Labute approximate surface area is 81.2 Å². The van der Waals surface area contributed by atoms with Crippen molar-refractivity contribution in [2.45, 2.75) is 6.42 Å². The number of hydrogen-bond donors (Lipinski definition) is 2. The van der Waals surface area contributed by atoms with Crippen LogP contribution in [0.25, 0.3) is 0 Å². The standard InChI is InChI=1S/C7H13N3O2S/c1-13-7-8-4-10(5-9-7)3-2-6(11)12/h2-5H2,1H3,(H,8,9)(H,11,12). The molecule has 0 radical (unpaired) electrons. The Morgan fingerprint density at radius 1 is 1.85 bits per heavy atom. The maximum absolute atomic E-state index is 10.3. The van der Waals surface area contributed by atoms with Crippen LogP contribution in [-0.2, 0) is 4.79 Å². The first-order chi connectivity index (χ1) is 6.22. The zero-order valence-corrected chi connectivity index (χ0v) is 8.30. The van der Waals surface area contributed by atoms with Crippen molar-refractivity contribution in [2.75, 3.05) is 26.1 Å². The van der Waals surface area contributed by atoms with Gasteiger partial charge in [0, 0.05) is 6.54 Å². The van der Waals surface area contributed by atoms with Gasteiger partial charge in [-0.25, -0.2) is 4.99 Å². The van der Waals surface area contributed by atoms with E-state index in [0.29, 0.717) is 19.9 Å². The first-order valence-corrected chi connectivity index (χ1v) is 5.21. The van der Waals surface area contributed by atoms with Gasteiger partial charge in [0.25, 0.3) is 0 Å². The lowest BCUT2D eigenvalue weighted by Gasteiger charge is -2.25. The predicted octanol–water partition coefficient (Wildman–Crippen LogP) is 0.000300. The summed E-state index contributed by atoms with van der Waals surface area (Å²) >= 11 is 1.57. The zero-order valence-electron chi connectivity index (χ0n) is 7.49. The fraction of sp³-hybridized carbons (Fsp3) is 0.714. The Bertz CT molecular complexity index is 220. The summed E-state index contributed by atoms with van der Waals surface area (Å²) in [4.78, 5) is 16.4. The average Bonchev–Trinajstić information content (AvgIpc) is 2.15. The van der Waals surface area contributed by atoms with Gasteiger partial charge in [0.15, 0.2) is 5.17 Å². The van der Waals surface area contributed by atoms with E-state index >= 15 is 0 Å². The Balaban J connectivity index is 2.25. The van der Waals surface area contributed by atoms with Crippen LogP contribution in [-0.4, -0.2) is 47.3 Å². The van der Waals surface area contributed by atoms with Crippen LogP contribution in [0.3, 0.4) is 0 Å². The van der Waals surface area contributed by atoms with Crippen LogP contribution < -0.4 is 5.32 Å². The fourth-order valence-corrected chi connectivity index (χ4v) is 1.39. The van der Waals surface area contributed by atoms with Crippen molar-refractivity contribution in [3.63, 3.8) is 0 Å². The van der Waals surface area contributed by atoms with E-state index in [1.165, 1.54) is 0 Å². The lowest BCUT2D eigenvalue weighted by Crippen LogP contribution is -2.42. The molecular formula is C7H13N3O2S. The van der Waals surface area contributed by atoms with Gasteiger partial charge in [-0.3, -0.25) is 9.69 Å². The van der Waals surface area contributed by atoms with Gasteiger partial charge in [-0.15, -0.1) is 0 Å². The summed E-state index contributed by atoms with van der Waals surface area (Å²) in [5.41, 5.74) is 0. The molecular weight excluding hydrogens is 190 g/mol. The molecule has 0 spiro atoms. The number of aliphatic imine (C=N–C) groups is 1. The summed E-state index contributed by atoms with van der Waals surface area (Å²) in [6.07, 6.45) is 2.13. The maximum atomic E-state index is 10.3. The van der Waals surface area contributed by atoms with Crippen molar-refractivity contribution < 1.29 is 9.90 Å². The minimum Gasteiger partial charge on any atom is -0.481 e. The average molecular weight is 203 g/mol. The molecule has 74 valence electrons. The van der Waals surface area contributed by atoms with Crippen LogP contribution in [0.1, 0.15) is 6.42 Å². The van der Waals surface area contributed by atoms with Crippen LogP contribution in [0, 0.1) is 0 Å². The third-order valence-electron chi connectivity index (χ3n) is 1.70. The number of nitrogens with one attached hydrogen (secondary N) is 1. The van der Waals surface area contributed by atoms with Crippen LogP contribution in [0.4, 0.5) is 0 Å². The molecule has 1 aliphatic heterocycles. The quantitative estimate of drug-likeness (QED) is 0.676. The van der Waals surface area contributed by atoms with E-state index in [-0.39, 0.29) is 6.42 Å². The Morgan fingerprint density at radius 2 is 2.62 bits per heavy atom. The molecule has 1 aliphatic rings. The van der Waals surface area contributed by atoms with E-state index in [1.54, 1.807) is 11.8 Å². The number of carbonyl (C=O) groups is 1. The zero-order chi connectivity index (χ0) is 9.68. The van der Waals surface area contributed by atoms with E-state index in [1.807, 2.05) is 11.2 Å².